The molecule has 0 saturated carbocycles. The minimum absolute atomic E-state index is 0. The largest absolute Gasteiger partial charge is 1.00 e. The first kappa shape index (κ1) is 69.7. The zero-order chi connectivity index (χ0) is 54.8. The van der Waals surface area contributed by atoms with Gasteiger partial charge in [-0.05, 0) is 110 Å². The minimum atomic E-state index is -4.76. The first-order valence-electron chi connectivity index (χ1n) is 23.2. The summed E-state index contributed by atoms with van der Waals surface area (Å²) in [5.41, 5.74) is 6.25. The van der Waals surface area contributed by atoms with E-state index in [1.807, 2.05) is 38.1 Å². The number of benzene rings is 3. The molecule has 0 unspecified atom stereocenters. The second-order valence-corrected chi connectivity index (χ2v) is 21.9. The Morgan fingerprint density at radius 3 is 1.95 bits per heavy atom. The molecule has 0 spiro atoms. The van der Waals surface area contributed by atoms with E-state index in [4.69, 9.17) is 34.8 Å². The number of fused-ring (bicyclic) bond motifs is 2. The van der Waals surface area contributed by atoms with Gasteiger partial charge in [0, 0.05) is 54.1 Å². The number of anilines is 1. The van der Waals surface area contributed by atoms with Gasteiger partial charge in [-0.15, -0.1) is 36.4 Å². The molecule has 3 heterocycles. The quantitative estimate of drug-likeness (QED) is 0.0328. The molecule has 3 aliphatic heterocycles. The number of unbranched alkanes of at least 4 members (excludes halogenated alkanes) is 3. The van der Waals surface area contributed by atoms with E-state index >= 15 is 0 Å². The number of hydroxylamine groups is 2. The smallest absolute Gasteiger partial charge is 0.744 e. The number of imide groups is 1. The van der Waals surface area contributed by atoms with Gasteiger partial charge in [-0.1, -0.05) is 45.8 Å². The van der Waals surface area contributed by atoms with Crippen LogP contribution in [0.25, 0.3) is 0 Å². The Bertz CT molecular complexity index is 3270. The van der Waals surface area contributed by atoms with Crippen molar-refractivity contribution in [3.63, 3.8) is 0 Å². The van der Waals surface area contributed by atoms with Crippen molar-refractivity contribution in [3.8, 4) is 5.75 Å². The van der Waals surface area contributed by atoms with Crippen LogP contribution in [-0.2, 0) is 71.5 Å². The van der Waals surface area contributed by atoms with Crippen LogP contribution in [0.4, 0.5) is 11.4 Å². The van der Waals surface area contributed by atoms with Crippen molar-refractivity contribution in [2.24, 2.45) is 0 Å². The van der Waals surface area contributed by atoms with E-state index in [0.29, 0.717) is 60.8 Å². The van der Waals surface area contributed by atoms with Gasteiger partial charge in [0.15, 0.2) is 5.71 Å². The fourth-order valence-corrected chi connectivity index (χ4v) is 10.1. The topological polar surface area (TPSA) is 296 Å². The maximum Gasteiger partial charge on any atom is 1.00 e. The molecule has 1 saturated heterocycles. The molecule has 0 aromatic heterocycles. The molecule has 3 aromatic carbocycles. The van der Waals surface area contributed by atoms with E-state index in [1.54, 1.807) is 6.07 Å². The van der Waals surface area contributed by atoms with Crippen LogP contribution in [0, 0.1) is 13.0 Å². The Morgan fingerprint density at radius 2 is 1.36 bits per heavy atom. The van der Waals surface area contributed by atoms with Crippen molar-refractivity contribution in [2.45, 2.75) is 119 Å². The molecular formula is C50H54N3Na3O17S4. The summed E-state index contributed by atoms with van der Waals surface area (Å²) in [7, 11) is -15.7. The van der Waals surface area contributed by atoms with E-state index in [0.717, 1.165) is 59.7 Å². The second-order valence-electron chi connectivity index (χ2n) is 18.3. The Hall–Kier alpha value is -3.44. The van der Waals surface area contributed by atoms with Gasteiger partial charge in [-0.25, -0.2) is 26.2 Å². The molecule has 0 radical (unpaired) electrons. The van der Waals surface area contributed by atoms with Crippen LogP contribution in [0.3, 0.4) is 0 Å². The molecule has 77 heavy (non-hydrogen) atoms. The predicted octanol–water partition coefficient (Wildman–Crippen LogP) is -2.86. The average molecular weight is 1170 g/mol. The summed E-state index contributed by atoms with van der Waals surface area (Å²) in [5, 5.41) is 0.537. The maximum atomic E-state index is 12.5. The summed E-state index contributed by atoms with van der Waals surface area (Å²) < 4.78 is 132. The molecule has 4 aliphatic rings. The van der Waals surface area contributed by atoms with Crippen molar-refractivity contribution in [1.29, 1.82) is 0 Å². The summed E-state index contributed by atoms with van der Waals surface area (Å²) in [5.74, 6) is -0.857. The Kier molecular flexibility index (Phi) is 27.5. The van der Waals surface area contributed by atoms with Gasteiger partial charge < -0.3 is 30.5 Å². The van der Waals surface area contributed by atoms with Crippen molar-refractivity contribution < 1.29 is 168 Å². The number of hydrogen-bond acceptors (Lipinski definition) is 18. The average Bonchev–Trinajstić information content (AvgIpc) is 3.83. The van der Waals surface area contributed by atoms with E-state index in [-0.39, 0.29) is 123 Å². The summed E-state index contributed by atoms with van der Waals surface area (Å²) in [6.45, 7) is 13.6. The van der Waals surface area contributed by atoms with Gasteiger partial charge in [-0.2, -0.15) is 24.6 Å². The first-order valence-corrected chi connectivity index (χ1v) is 28.0. The number of carbonyl (C=O) groups excluding carboxylic acids is 3. The van der Waals surface area contributed by atoms with Gasteiger partial charge in [0.2, 0.25) is 0 Å². The number of rotatable bonds is 17. The maximum absolute atomic E-state index is 12.5. The van der Waals surface area contributed by atoms with E-state index in [1.165, 1.54) is 42.0 Å². The fourth-order valence-electron chi connectivity index (χ4n) is 9.15. The predicted molar refractivity (Wildman–Crippen MR) is 264 cm³/mol. The number of ether oxygens (including phenoxy) is 1. The molecule has 0 N–H and O–H groups in total. The Balaban J connectivity index is 0.00000172. The third-order valence-electron chi connectivity index (χ3n) is 12.7. The van der Waals surface area contributed by atoms with Crippen LogP contribution in [0.2, 0.25) is 0 Å². The SMILES string of the molecule is O=S(=O)=O.O=S(=O)=O.[CH2-]CCC[N+]1=C(C=CC2=C(Oc3ccc(S(=O)(=O)[O-])cc3)C(=CC=C3N(CCCCCC(=O)ON4C(=O)CCC4=O)c4ccc(S(=O)(=O)[O-])cc4C3(C)C)CCC2)C(C)(C)c2c[c-]ccc21.[Na+].[Na+].[Na+]. The van der Waals surface area contributed by atoms with E-state index < -0.39 is 64.7 Å². The molecule has 7 rings (SSSR count). The number of amides is 2. The summed E-state index contributed by atoms with van der Waals surface area (Å²) in [6.07, 6.45) is 13.6. The molecule has 20 nitrogen and oxygen atoms in total. The van der Waals surface area contributed by atoms with Gasteiger partial charge in [0.1, 0.15) is 44.0 Å². The van der Waals surface area contributed by atoms with Crippen molar-refractivity contribution >= 4 is 76.3 Å². The molecule has 3 aromatic rings. The van der Waals surface area contributed by atoms with Crippen LogP contribution in [0.1, 0.15) is 109 Å². The zero-order valence-corrected chi connectivity index (χ0v) is 53.2. The van der Waals surface area contributed by atoms with Crippen molar-refractivity contribution in [1.82, 2.24) is 5.06 Å². The van der Waals surface area contributed by atoms with Gasteiger partial charge in [0.05, 0.1) is 9.79 Å². The molecule has 2 amide bonds. The molecule has 398 valence electrons. The van der Waals surface area contributed by atoms with Crippen LogP contribution >= 0.6 is 0 Å². The van der Waals surface area contributed by atoms with Gasteiger partial charge in [-0.3, -0.25) is 9.59 Å². The Labute approximate surface area is 518 Å². The van der Waals surface area contributed by atoms with Crippen LogP contribution in [0.5, 0.6) is 5.75 Å². The van der Waals surface area contributed by atoms with E-state index in [2.05, 4.69) is 54.5 Å². The van der Waals surface area contributed by atoms with Crippen molar-refractivity contribution in [3.05, 3.63) is 132 Å². The minimum Gasteiger partial charge on any atom is -0.744 e. The number of carbonyl (C=O) groups is 3. The van der Waals surface area contributed by atoms with Crippen LogP contribution in [-0.4, -0.2) is 97.4 Å². The molecular weight excluding hydrogens is 1110 g/mol. The van der Waals surface area contributed by atoms with Crippen molar-refractivity contribution in [2.75, 3.05) is 18.0 Å². The standard InChI is InChI=1S/C50H56N3O11S2.3Na.2O3S/c1-6-7-31-51-41-17-11-10-16-39(41)49(2,3)43(51)27-19-34-14-13-15-35(48(34)63-36-21-23-37(24-22-36)65(57,58)59)20-28-44-50(4,5)40-33-38(66(60,61)62)25-26-42(40)52(44)32-12-8-9-18-47(56)64-53-45(54)29-30-46(53)55;;;;2*1-4(2)3/h11,16-17,19-28,33H,1,6-9,12-15,18,29-32H2,2-5H3,(H,57,58,59)(H,60,61,62);;;;;/q-1;3*+1;;/p-2. The zero-order valence-electron chi connectivity index (χ0n) is 43.9. The molecule has 1 fully saturated rings. The van der Waals surface area contributed by atoms with Crippen LogP contribution in [0.15, 0.2) is 117 Å². The molecule has 0 bridgehead atoms. The monoisotopic (exact) mass is 1170 g/mol. The number of nitrogens with zero attached hydrogens (tertiary/aromatic N) is 3. The van der Waals surface area contributed by atoms with E-state index in [9.17, 15) is 40.3 Å². The fraction of sp³-hybridized carbons (Fsp3) is 0.380. The second kappa shape index (κ2) is 30.4. The number of allylic oxidation sites excluding steroid dienone is 7. The normalized spacial score (nSPS) is 17.3. The Morgan fingerprint density at radius 1 is 0.766 bits per heavy atom. The first-order chi connectivity index (χ1) is 34.7. The molecule has 0 atom stereocenters. The summed E-state index contributed by atoms with van der Waals surface area (Å²) in [6, 6.07) is 19.0. The summed E-state index contributed by atoms with van der Waals surface area (Å²) >= 11 is 0. The van der Waals surface area contributed by atoms with Gasteiger partial charge in [0.25, 0.3) is 11.8 Å². The number of hydrogen-bond donors (Lipinski definition) is 0. The third-order valence-corrected chi connectivity index (χ3v) is 14.4. The van der Waals surface area contributed by atoms with Crippen LogP contribution < -0.4 is 98.3 Å². The third kappa shape index (κ3) is 18.5. The molecule has 1 aliphatic carbocycles. The molecule has 27 heteroatoms. The summed E-state index contributed by atoms with van der Waals surface area (Å²) in [4.78, 5) is 42.7. The van der Waals surface area contributed by atoms with Gasteiger partial charge >= 0.3 is 116 Å².